The zero-order chi connectivity index (χ0) is 14.7. The number of aromatic hydroxyl groups is 3. The van der Waals surface area contributed by atoms with E-state index in [2.05, 4.69) is 12.2 Å². The van der Waals surface area contributed by atoms with Gasteiger partial charge in [0, 0.05) is 24.7 Å². The first-order chi connectivity index (χ1) is 9.52. The van der Waals surface area contributed by atoms with E-state index in [1.54, 1.807) is 4.90 Å². The number of phenols is 3. The Labute approximate surface area is 117 Å². The molecule has 1 aromatic carbocycles. The second-order valence-electron chi connectivity index (χ2n) is 5.04. The molecule has 1 heterocycles. The predicted molar refractivity (Wildman–Crippen MR) is 75.1 cm³/mol. The Hall–Kier alpha value is -2.11. The smallest absolute Gasteiger partial charge is 0.322 e. The lowest BCUT2D eigenvalue weighted by Gasteiger charge is -2.35. The molecule has 1 aromatic rings. The number of nitrogens with zero attached hydrogens (tertiary/aromatic N) is 1. The lowest BCUT2D eigenvalue weighted by atomic mass is 10.0. The van der Waals surface area contributed by atoms with Crippen molar-refractivity contribution in [2.24, 2.45) is 0 Å². The van der Waals surface area contributed by atoms with E-state index in [4.69, 9.17) is 0 Å². The van der Waals surface area contributed by atoms with Crippen LogP contribution in [0, 0.1) is 0 Å². The number of nitrogens with one attached hydrogen (secondary N) is 1. The van der Waals surface area contributed by atoms with E-state index >= 15 is 0 Å². The van der Waals surface area contributed by atoms with Crippen molar-refractivity contribution >= 4 is 11.7 Å². The second kappa shape index (κ2) is 5.90. The fraction of sp³-hybridized carbons (Fsp3) is 0.500. The zero-order valence-corrected chi connectivity index (χ0v) is 11.5. The molecule has 1 atom stereocenters. The number of hydrogen-bond acceptors (Lipinski definition) is 4. The summed E-state index contributed by atoms with van der Waals surface area (Å²) in [7, 11) is 0. The molecule has 0 aliphatic carbocycles. The van der Waals surface area contributed by atoms with E-state index in [0.717, 1.165) is 25.7 Å². The van der Waals surface area contributed by atoms with Crippen LogP contribution in [-0.2, 0) is 0 Å². The van der Waals surface area contributed by atoms with Gasteiger partial charge in [0.25, 0.3) is 0 Å². The molecule has 0 bridgehead atoms. The highest BCUT2D eigenvalue weighted by Gasteiger charge is 2.25. The molecule has 0 aromatic heterocycles. The summed E-state index contributed by atoms with van der Waals surface area (Å²) in [6.45, 7) is 2.76. The number of amides is 2. The van der Waals surface area contributed by atoms with Gasteiger partial charge in [-0.25, -0.2) is 4.79 Å². The molecule has 1 fully saturated rings. The minimum Gasteiger partial charge on any atom is -0.504 e. The van der Waals surface area contributed by atoms with Crippen molar-refractivity contribution in [2.75, 3.05) is 11.9 Å². The Balaban J connectivity index is 2.11. The van der Waals surface area contributed by atoms with Crippen LogP contribution < -0.4 is 5.32 Å². The maximum atomic E-state index is 12.2. The third kappa shape index (κ3) is 2.89. The number of benzene rings is 1. The van der Waals surface area contributed by atoms with Crippen LogP contribution in [0.5, 0.6) is 17.2 Å². The summed E-state index contributed by atoms with van der Waals surface area (Å²) in [6, 6.07) is 2.39. The minimum atomic E-state index is -0.590. The van der Waals surface area contributed by atoms with E-state index in [-0.39, 0.29) is 17.8 Å². The lowest BCUT2D eigenvalue weighted by molar-refractivity contribution is 0.160. The number of rotatable bonds is 2. The number of urea groups is 1. The Morgan fingerprint density at radius 3 is 2.55 bits per heavy atom. The van der Waals surface area contributed by atoms with Crippen LogP contribution in [0.1, 0.15) is 32.6 Å². The molecule has 6 nitrogen and oxygen atoms in total. The molecule has 0 saturated carbocycles. The molecule has 1 unspecified atom stereocenters. The standard InChI is InChI=1S/C14H20N2O4/c1-2-10-5-3-4-6-16(10)14(20)15-9-7-11(17)13(19)12(18)8-9/h7-8,10,17-19H,2-6H2,1H3,(H,15,20). The van der Waals surface area contributed by atoms with Crippen molar-refractivity contribution in [3.05, 3.63) is 12.1 Å². The largest absolute Gasteiger partial charge is 0.504 e. The molecular formula is C14H20N2O4. The van der Waals surface area contributed by atoms with Crippen LogP contribution in [0.25, 0.3) is 0 Å². The highest BCUT2D eigenvalue weighted by atomic mass is 16.3. The molecule has 2 rings (SSSR count). The summed E-state index contributed by atoms with van der Waals surface area (Å²) >= 11 is 0. The van der Waals surface area contributed by atoms with Gasteiger partial charge in [-0.05, 0) is 25.7 Å². The lowest BCUT2D eigenvalue weighted by Crippen LogP contribution is -2.45. The summed E-state index contributed by atoms with van der Waals surface area (Å²) in [5, 5.41) is 30.8. The molecule has 0 spiro atoms. The quantitative estimate of drug-likeness (QED) is 0.495. The predicted octanol–water partition coefficient (Wildman–Crippen LogP) is 2.60. The van der Waals surface area contributed by atoms with E-state index < -0.39 is 17.2 Å². The summed E-state index contributed by atoms with van der Waals surface area (Å²) < 4.78 is 0. The van der Waals surface area contributed by atoms with Gasteiger partial charge in [-0.1, -0.05) is 6.92 Å². The first kappa shape index (κ1) is 14.3. The molecule has 0 radical (unpaired) electrons. The van der Waals surface area contributed by atoms with Crippen LogP contribution in [0.15, 0.2) is 12.1 Å². The third-order valence-electron chi connectivity index (χ3n) is 3.68. The second-order valence-corrected chi connectivity index (χ2v) is 5.04. The Bertz CT molecular complexity index is 481. The number of carbonyl (C=O) groups is 1. The number of anilines is 1. The highest BCUT2D eigenvalue weighted by Crippen LogP contribution is 2.37. The van der Waals surface area contributed by atoms with E-state index in [1.165, 1.54) is 12.1 Å². The number of carbonyl (C=O) groups excluding carboxylic acids is 1. The van der Waals surface area contributed by atoms with Crippen molar-refractivity contribution in [3.8, 4) is 17.2 Å². The highest BCUT2D eigenvalue weighted by molar-refractivity contribution is 5.90. The minimum absolute atomic E-state index is 0.225. The van der Waals surface area contributed by atoms with Gasteiger partial charge in [-0.15, -0.1) is 0 Å². The number of hydrogen-bond donors (Lipinski definition) is 4. The maximum absolute atomic E-state index is 12.2. The van der Waals surface area contributed by atoms with E-state index in [0.29, 0.717) is 6.54 Å². The van der Waals surface area contributed by atoms with Crippen LogP contribution in [0.2, 0.25) is 0 Å². The first-order valence-corrected chi connectivity index (χ1v) is 6.85. The van der Waals surface area contributed by atoms with E-state index in [9.17, 15) is 20.1 Å². The van der Waals surface area contributed by atoms with E-state index in [1.807, 2.05) is 0 Å². The summed E-state index contributed by atoms with van der Waals surface area (Å²) in [6.07, 6.45) is 4.01. The Kier molecular flexibility index (Phi) is 4.22. The molecule has 4 N–H and O–H groups in total. The monoisotopic (exact) mass is 280 g/mol. The van der Waals surface area contributed by atoms with Crippen molar-refractivity contribution < 1.29 is 20.1 Å². The zero-order valence-electron chi connectivity index (χ0n) is 11.5. The number of phenolic OH excluding ortho intramolecular Hbond substituents is 3. The normalized spacial score (nSPS) is 18.9. The average Bonchev–Trinajstić information content (AvgIpc) is 2.44. The number of likely N-dealkylation sites (tertiary alicyclic amines) is 1. The van der Waals surface area contributed by atoms with Gasteiger partial charge in [-0.3, -0.25) is 0 Å². The van der Waals surface area contributed by atoms with Crippen molar-refractivity contribution in [1.29, 1.82) is 0 Å². The van der Waals surface area contributed by atoms with Crippen LogP contribution in [0.4, 0.5) is 10.5 Å². The average molecular weight is 280 g/mol. The van der Waals surface area contributed by atoms with Gasteiger partial charge in [0.05, 0.1) is 5.69 Å². The fourth-order valence-corrected chi connectivity index (χ4v) is 2.56. The molecular weight excluding hydrogens is 260 g/mol. The molecule has 2 amide bonds. The molecule has 20 heavy (non-hydrogen) atoms. The van der Waals surface area contributed by atoms with Crippen LogP contribution in [0.3, 0.4) is 0 Å². The molecule has 6 heteroatoms. The van der Waals surface area contributed by atoms with Gasteiger partial charge in [0.1, 0.15) is 0 Å². The first-order valence-electron chi connectivity index (χ1n) is 6.85. The molecule has 110 valence electrons. The maximum Gasteiger partial charge on any atom is 0.322 e. The van der Waals surface area contributed by atoms with Crippen LogP contribution >= 0.6 is 0 Å². The van der Waals surface area contributed by atoms with Gasteiger partial charge in [0.15, 0.2) is 17.2 Å². The van der Waals surface area contributed by atoms with Crippen LogP contribution in [-0.4, -0.2) is 38.8 Å². The summed E-state index contributed by atoms with van der Waals surface area (Å²) in [4.78, 5) is 14.0. The van der Waals surface area contributed by atoms with Gasteiger partial charge >= 0.3 is 6.03 Å². The summed E-state index contributed by atoms with van der Waals surface area (Å²) in [5.41, 5.74) is 0.253. The summed E-state index contributed by atoms with van der Waals surface area (Å²) in [5.74, 6) is -1.52. The topological polar surface area (TPSA) is 93.0 Å². The fourth-order valence-electron chi connectivity index (χ4n) is 2.56. The third-order valence-corrected chi connectivity index (χ3v) is 3.68. The van der Waals surface area contributed by atoms with Crippen molar-refractivity contribution in [3.63, 3.8) is 0 Å². The van der Waals surface area contributed by atoms with Gasteiger partial charge in [0.2, 0.25) is 0 Å². The number of piperidine rings is 1. The molecule has 1 aliphatic rings. The van der Waals surface area contributed by atoms with Gasteiger partial charge in [-0.2, -0.15) is 0 Å². The van der Waals surface area contributed by atoms with Crippen molar-refractivity contribution in [2.45, 2.75) is 38.6 Å². The van der Waals surface area contributed by atoms with Gasteiger partial charge < -0.3 is 25.5 Å². The Morgan fingerprint density at radius 2 is 1.95 bits per heavy atom. The SMILES string of the molecule is CCC1CCCCN1C(=O)Nc1cc(O)c(O)c(O)c1. The molecule has 1 saturated heterocycles. The Morgan fingerprint density at radius 1 is 1.30 bits per heavy atom. The van der Waals surface area contributed by atoms with Crippen molar-refractivity contribution in [1.82, 2.24) is 4.90 Å². The molecule has 1 aliphatic heterocycles.